The Bertz CT molecular complexity index is 1060. The maximum Gasteiger partial charge on any atom is 0.253 e. The largest absolute Gasteiger partial charge is 0.357 e. The van der Waals surface area contributed by atoms with Crippen molar-refractivity contribution in [3.8, 4) is 0 Å². The molecule has 5 nitrogen and oxygen atoms in total. The van der Waals surface area contributed by atoms with Crippen LogP contribution in [0.5, 0.6) is 0 Å². The minimum Gasteiger partial charge on any atom is -0.357 e. The Morgan fingerprint density at radius 3 is 2.50 bits per heavy atom. The number of halogens is 1. The third-order valence-corrected chi connectivity index (χ3v) is 5.24. The summed E-state index contributed by atoms with van der Waals surface area (Å²) >= 11 is 0. The molecule has 0 spiro atoms. The number of carbonyl (C=O) groups is 1. The summed E-state index contributed by atoms with van der Waals surface area (Å²) in [6.45, 7) is 5.65. The van der Waals surface area contributed by atoms with Crippen LogP contribution >= 0.6 is 24.0 Å². The number of aliphatic imine (C=N–C) groups is 1. The Morgan fingerprint density at radius 2 is 1.75 bits per heavy atom. The van der Waals surface area contributed by atoms with Gasteiger partial charge >= 0.3 is 0 Å². The van der Waals surface area contributed by atoms with Gasteiger partial charge in [0.2, 0.25) is 0 Å². The number of nitrogens with zero attached hydrogens (tertiary/aromatic N) is 2. The molecule has 1 amide bonds. The van der Waals surface area contributed by atoms with Crippen LogP contribution in [0.15, 0.2) is 71.7 Å². The van der Waals surface area contributed by atoms with Gasteiger partial charge in [-0.25, -0.2) is 0 Å². The van der Waals surface area contributed by atoms with Gasteiger partial charge in [-0.2, -0.15) is 0 Å². The van der Waals surface area contributed by atoms with Crippen LogP contribution in [0.25, 0.3) is 10.8 Å². The van der Waals surface area contributed by atoms with Gasteiger partial charge in [0.1, 0.15) is 0 Å². The van der Waals surface area contributed by atoms with E-state index < -0.39 is 0 Å². The molecule has 0 aliphatic carbocycles. The predicted molar refractivity (Wildman–Crippen MR) is 145 cm³/mol. The molecule has 6 heteroatoms. The van der Waals surface area contributed by atoms with Crippen LogP contribution in [0.2, 0.25) is 0 Å². The van der Waals surface area contributed by atoms with Crippen LogP contribution in [-0.4, -0.2) is 44.0 Å². The number of hydrogen-bond donors (Lipinski definition) is 2. The van der Waals surface area contributed by atoms with E-state index in [1.54, 1.807) is 19.0 Å². The van der Waals surface area contributed by atoms with E-state index in [0.29, 0.717) is 12.1 Å². The Kier molecular flexibility index (Phi) is 9.97. The minimum atomic E-state index is 0. The van der Waals surface area contributed by atoms with Crippen LogP contribution < -0.4 is 10.6 Å². The Hall–Kier alpha value is -2.61. The highest BCUT2D eigenvalue weighted by Crippen LogP contribution is 2.23. The number of guanidine groups is 1. The summed E-state index contributed by atoms with van der Waals surface area (Å²) in [6, 6.07) is 22.7. The van der Waals surface area contributed by atoms with Gasteiger partial charge in [-0.15, -0.1) is 24.0 Å². The minimum absolute atomic E-state index is 0. The Labute approximate surface area is 208 Å². The van der Waals surface area contributed by atoms with Gasteiger partial charge in [-0.05, 0) is 54.3 Å². The molecule has 0 radical (unpaired) electrons. The summed E-state index contributed by atoms with van der Waals surface area (Å²) < 4.78 is 0. The number of rotatable bonds is 7. The van der Waals surface area contributed by atoms with E-state index in [9.17, 15) is 4.79 Å². The maximum atomic E-state index is 12.2. The van der Waals surface area contributed by atoms with Crippen LogP contribution in [0.1, 0.15) is 41.4 Å². The van der Waals surface area contributed by atoms with E-state index in [4.69, 9.17) is 4.99 Å². The second kappa shape index (κ2) is 12.4. The van der Waals surface area contributed by atoms with E-state index in [2.05, 4.69) is 66.9 Å². The second-order valence-corrected chi connectivity index (χ2v) is 7.85. The van der Waals surface area contributed by atoms with Gasteiger partial charge in [0.15, 0.2) is 5.96 Å². The normalized spacial score (nSPS) is 12.1. The molecule has 0 fully saturated rings. The van der Waals surface area contributed by atoms with Crippen LogP contribution in [-0.2, 0) is 6.42 Å². The van der Waals surface area contributed by atoms with Gasteiger partial charge in [-0.1, -0.05) is 54.6 Å². The molecular formula is C26H33IN4O. The molecule has 170 valence electrons. The molecule has 3 aromatic carbocycles. The SMILES string of the molecule is CCNC(=NCCc1cccc(C(=O)N(C)C)c1)NC(C)c1cccc2ccccc12.I. The van der Waals surface area contributed by atoms with Gasteiger partial charge in [0.05, 0.1) is 6.04 Å². The number of carbonyl (C=O) groups excluding carboxylic acids is 1. The molecule has 0 aliphatic rings. The highest BCUT2D eigenvalue weighted by atomic mass is 127. The van der Waals surface area contributed by atoms with Gasteiger partial charge in [0.25, 0.3) is 5.91 Å². The third kappa shape index (κ3) is 6.69. The summed E-state index contributed by atoms with van der Waals surface area (Å²) in [7, 11) is 3.54. The molecule has 0 saturated heterocycles. The van der Waals surface area contributed by atoms with E-state index in [-0.39, 0.29) is 35.9 Å². The lowest BCUT2D eigenvalue weighted by molar-refractivity contribution is 0.0827. The number of fused-ring (bicyclic) bond motifs is 1. The molecule has 0 aliphatic heterocycles. The van der Waals surface area contributed by atoms with E-state index >= 15 is 0 Å². The summed E-state index contributed by atoms with van der Waals surface area (Å²) in [5.41, 5.74) is 3.06. The van der Waals surface area contributed by atoms with Crippen molar-refractivity contribution in [1.82, 2.24) is 15.5 Å². The smallest absolute Gasteiger partial charge is 0.253 e. The fourth-order valence-corrected chi connectivity index (χ4v) is 3.65. The molecular weight excluding hydrogens is 511 g/mol. The quantitative estimate of drug-likeness (QED) is 0.250. The standard InChI is InChI=1S/C26H32N4O.HI/c1-5-27-26(28-17-16-20-10-8-13-22(18-20)25(31)30(3)4)29-19(2)23-15-9-12-21-11-6-7-14-24(21)23;/h6-15,18-19H,5,16-17H2,1-4H3,(H2,27,28,29);1H. The predicted octanol–water partition coefficient (Wildman–Crippen LogP) is 5.02. The van der Waals surface area contributed by atoms with Crippen LogP contribution in [0.4, 0.5) is 0 Å². The van der Waals surface area contributed by atoms with Crippen molar-refractivity contribution in [3.05, 3.63) is 83.4 Å². The summed E-state index contributed by atoms with van der Waals surface area (Å²) in [6.07, 6.45) is 0.772. The highest BCUT2D eigenvalue weighted by Gasteiger charge is 2.11. The molecule has 1 unspecified atom stereocenters. The number of hydrogen-bond acceptors (Lipinski definition) is 2. The van der Waals surface area contributed by atoms with Crippen molar-refractivity contribution in [2.75, 3.05) is 27.2 Å². The monoisotopic (exact) mass is 544 g/mol. The van der Waals surface area contributed by atoms with E-state index in [0.717, 1.165) is 24.5 Å². The maximum absolute atomic E-state index is 12.2. The molecule has 3 rings (SSSR count). The van der Waals surface area contributed by atoms with Crippen LogP contribution in [0.3, 0.4) is 0 Å². The first-order valence-electron chi connectivity index (χ1n) is 10.8. The van der Waals surface area contributed by atoms with Crippen molar-refractivity contribution < 1.29 is 4.79 Å². The van der Waals surface area contributed by atoms with E-state index in [1.807, 2.05) is 24.3 Å². The Morgan fingerprint density at radius 1 is 1.03 bits per heavy atom. The van der Waals surface area contributed by atoms with E-state index in [1.165, 1.54) is 16.3 Å². The molecule has 0 bridgehead atoms. The lowest BCUT2D eigenvalue weighted by Crippen LogP contribution is -2.39. The summed E-state index contributed by atoms with van der Waals surface area (Å²) in [5, 5.41) is 9.37. The zero-order valence-corrected chi connectivity index (χ0v) is 21.6. The van der Waals surface area contributed by atoms with Gasteiger partial charge in [-0.3, -0.25) is 9.79 Å². The highest BCUT2D eigenvalue weighted by molar-refractivity contribution is 14.0. The first kappa shape index (κ1) is 25.6. The van der Waals surface area contributed by atoms with Crippen molar-refractivity contribution in [1.29, 1.82) is 0 Å². The van der Waals surface area contributed by atoms with Gasteiger partial charge < -0.3 is 15.5 Å². The van der Waals surface area contributed by atoms with Crippen molar-refractivity contribution >= 4 is 46.6 Å². The number of nitrogens with one attached hydrogen (secondary N) is 2. The van der Waals surface area contributed by atoms with Crippen molar-refractivity contribution in [2.45, 2.75) is 26.3 Å². The second-order valence-electron chi connectivity index (χ2n) is 7.85. The fourth-order valence-electron chi connectivity index (χ4n) is 3.65. The zero-order chi connectivity index (χ0) is 22.2. The first-order chi connectivity index (χ1) is 15.0. The van der Waals surface area contributed by atoms with Crippen LogP contribution in [0, 0.1) is 0 Å². The molecule has 2 N–H and O–H groups in total. The average molecular weight is 544 g/mol. The van der Waals surface area contributed by atoms with Gasteiger partial charge in [0, 0.05) is 32.7 Å². The first-order valence-corrected chi connectivity index (χ1v) is 10.8. The van der Waals surface area contributed by atoms with Crippen molar-refractivity contribution in [3.63, 3.8) is 0 Å². The Balaban J connectivity index is 0.00000363. The molecule has 1 atom stereocenters. The molecule has 32 heavy (non-hydrogen) atoms. The summed E-state index contributed by atoms with van der Waals surface area (Å²) in [5.74, 6) is 0.813. The lowest BCUT2D eigenvalue weighted by Gasteiger charge is -2.20. The lowest BCUT2D eigenvalue weighted by atomic mass is 10.00. The number of benzene rings is 3. The zero-order valence-electron chi connectivity index (χ0n) is 19.3. The number of amides is 1. The molecule has 0 heterocycles. The molecule has 3 aromatic rings. The topological polar surface area (TPSA) is 56.7 Å². The van der Waals surface area contributed by atoms with Crippen molar-refractivity contribution in [2.24, 2.45) is 4.99 Å². The average Bonchev–Trinajstić information content (AvgIpc) is 2.78. The fraction of sp³-hybridized carbons (Fsp3) is 0.308. The molecule has 0 aromatic heterocycles. The summed E-state index contributed by atoms with van der Waals surface area (Å²) in [4.78, 5) is 18.6. The third-order valence-electron chi connectivity index (χ3n) is 5.24. The molecule has 0 saturated carbocycles.